The third-order valence-electron chi connectivity index (χ3n) is 7.53. The van der Waals surface area contributed by atoms with Gasteiger partial charge in [-0.05, 0) is 48.8 Å². The van der Waals surface area contributed by atoms with Crippen molar-refractivity contribution in [3.05, 3.63) is 24.4 Å². The van der Waals surface area contributed by atoms with Gasteiger partial charge in [0.05, 0.1) is 24.7 Å². The van der Waals surface area contributed by atoms with E-state index in [1.165, 1.54) is 0 Å². The van der Waals surface area contributed by atoms with Crippen molar-refractivity contribution in [2.75, 3.05) is 37.4 Å². The first-order valence-electron chi connectivity index (χ1n) is 12.3. The summed E-state index contributed by atoms with van der Waals surface area (Å²) in [5.74, 6) is 1.01. The maximum atomic E-state index is 12.7. The molecule has 12 heteroatoms. The number of aromatic amines is 1. The molecule has 5 rings (SSSR count). The lowest BCUT2D eigenvalue weighted by Gasteiger charge is -2.52. The first-order valence-corrected chi connectivity index (χ1v) is 12.3. The number of aromatic nitrogens is 3. The van der Waals surface area contributed by atoms with E-state index < -0.39 is 13.0 Å². The number of nitrogens with one attached hydrogen (secondary N) is 4. The Kier molecular flexibility index (Phi) is 6.65. The predicted molar refractivity (Wildman–Crippen MR) is 136 cm³/mol. The van der Waals surface area contributed by atoms with Crippen LogP contribution in [0.3, 0.4) is 0 Å². The van der Waals surface area contributed by atoms with Crippen LogP contribution in [-0.2, 0) is 4.79 Å². The number of carbonyl (C=O) groups is 1. The Hall–Kier alpha value is -3.83. The van der Waals surface area contributed by atoms with Gasteiger partial charge in [-0.2, -0.15) is 15.1 Å². The van der Waals surface area contributed by atoms with E-state index in [1.54, 1.807) is 38.4 Å². The zero-order valence-corrected chi connectivity index (χ0v) is 20.8. The Labute approximate surface area is 212 Å². The molecule has 37 heavy (non-hydrogen) atoms. The number of benzene rings is 1. The number of piperidine rings is 1. The topological polar surface area (TPSA) is 131 Å². The molecule has 3 heterocycles. The van der Waals surface area contributed by atoms with Crippen LogP contribution in [-0.4, -0.2) is 65.0 Å². The Morgan fingerprint density at radius 3 is 2.73 bits per heavy atom. The fourth-order valence-electron chi connectivity index (χ4n) is 5.54. The number of alkyl halides is 2. The number of methoxy groups -OCH3 is 1. The normalized spacial score (nSPS) is 17.2. The molecule has 1 aliphatic heterocycles. The van der Waals surface area contributed by atoms with E-state index in [2.05, 4.69) is 30.7 Å². The first kappa shape index (κ1) is 24.8. The largest absolute Gasteiger partial charge is 0.480 e. The minimum absolute atomic E-state index is 0.144. The highest BCUT2D eigenvalue weighted by molar-refractivity contribution is 5.98. The molecular weight excluding hydrogens is 482 g/mol. The second-order valence-corrected chi connectivity index (χ2v) is 9.85. The predicted octanol–water partition coefficient (Wildman–Crippen LogP) is 5.18. The molecule has 1 saturated heterocycles. The standard InChI is InChI=1S/C25H30F2N8O2/c1-14(36)35-7-5-25(6-8-35)10-16(11-25)31-24-32-22-21(23(33-24)37-2)17(12-30-22)15-3-4-18(34-28)19(9-15)29-13-20(26)27/h3-4,9,12,16,20,28-29H,5-8,10-11,13H2,1-2H3,(H2,30,31,32,33). The number of hydrogen-bond acceptors (Lipinski definition) is 8. The molecule has 2 aromatic heterocycles. The number of carbonyl (C=O) groups excluding carboxylic acids is 1. The lowest BCUT2D eigenvalue weighted by molar-refractivity contribution is -0.132. The van der Waals surface area contributed by atoms with E-state index in [1.807, 2.05) is 4.90 Å². The quantitative estimate of drug-likeness (QED) is 0.308. The number of amides is 1. The fraction of sp³-hybridized carbons (Fsp3) is 0.480. The van der Waals surface area contributed by atoms with Gasteiger partial charge >= 0.3 is 0 Å². The zero-order valence-electron chi connectivity index (χ0n) is 20.8. The number of likely N-dealkylation sites (tertiary alicyclic amines) is 1. The summed E-state index contributed by atoms with van der Waals surface area (Å²) in [5, 5.41) is 10.2. The third kappa shape index (κ3) is 4.92. The summed E-state index contributed by atoms with van der Waals surface area (Å²) in [6, 6.07) is 5.30. The molecule has 4 N–H and O–H groups in total. The second kappa shape index (κ2) is 9.91. The molecule has 1 aromatic carbocycles. The Morgan fingerprint density at radius 1 is 1.32 bits per heavy atom. The molecule has 1 saturated carbocycles. The average Bonchev–Trinajstić information content (AvgIpc) is 3.30. The van der Waals surface area contributed by atoms with Gasteiger partial charge in [-0.15, -0.1) is 0 Å². The highest BCUT2D eigenvalue weighted by atomic mass is 19.3. The molecule has 0 bridgehead atoms. The van der Waals surface area contributed by atoms with Crippen molar-refractivity contribution in [1.29, 1.82) is 5.53 Å². The van der Waals surface area contributed by atoms with Crippen molar-refractivity contribution in [3.8, 4) is 17.0 Å². The van der Waals surface area contributed by atoms with Crippen molar-refractivity contribution in [2.24, 2.45) is 10.5 Å². The van der Waals surface area contributed by atoms with Crippen LogP contribution >= 0.6 is 0 Å². The highest BCUT2D eigenvalue weighted by Crippen LogP contribution is 2.50. The summed E-state index contributed by atoms with van der Waals surface area (Å²) >= 11 is 0. The van der Waals surface area contributed by atoms with Crippen LogP contribution in [0.4, 0.5) is 26.1 Å². The molecule has 0 atom stereocenters. The number of H-pyrrole nitrogens is 1. The number of anilines is 2. The molecule has 1 aliphatic carbocycles. The van der Waals surface area contributed by atoms with E-state index in [9.17, 15) is 13.6 Å². The van der Waals surface area contributed by atoms with Crippen molar-refractivity contribution in [2.45, 2.75) is 45.1 Å². The van der Waals surface area contributed by atoms with Gasteiger partial charge in [0.15, 0.2) is 0 Å². The molecule has 0 radical (unpaired) electrons. The molecule has 1 amide bonds. The van der Waals surface area contributed by atoms with Crippen LogP contribution in [0.5, 0.6) is 5.88 Å². The molecule has 2 fully saturated rings. The molecule has 2 aliphatic rings. The van der Waals surface area contributed by atoms with E-state index in [0.717, 1.165) is 49.9 Å². The zero-order chi connectivity index (χ0) is 26.2. The van der Waals surface area contributed by atoms with E-state index in [4.69, 9.17) is 10.3 Å². The summed E-state index contributed by atoms with van der Waals surface area (Å²) in [7, 11) is 1.54. The summed E-state index contributed by atoms with van der Waals surface area (Å²) in [6.45, 7) is 2.72. The van der Waals surface area contributed by atoms with E-state index in [-0.39, 0.29) is 23.1 Å². The number of halogens is 2. The summed E-state index contributed by atoms with van der Waals surface area (Å²) in [5.41, 5.74) is 10.3. The van der Waals surface area contributed by atoms with Gasteiger partial charge in [-0.1, -0.05) is 6.07 Å². The van der Waals surface area contributed by atoms with Crippen molar-refractivity contribution >= 4 is 34.3 Å². The lowest BCUT2D eigenvalue weighted by atomic mass is 9.60. The lowest BCUT2D eigenvalue weighted by Crippen LogP contribution is -2.52. The van der Waals surface area contributed by atoms with Gasteiger partial charge in [-0.3, -0.25) is 4.79 Å². The Bertz CT molecular complexity index is 1310. The van der Waals surface area contributed by atoms with Crippen molar-refractivity contribution < 1.29 is 18.3 Å². The SMILES string of the molecule is COc1nc(NC2CC3(CCN(C(C)=O)CC3)C2)nc2[nH]cc(-c3ccc(N=N)c(NCC(F)F)c3)c12. The molecule has 10 nitrogen and oxygen atoms in total. The molecule has 1 spiro atoms. The van der Waals surface area contributed by atoms with E-state index >= 15 is 0 Å². The van der Waals surface area contributed by atoms with Crippen molar-refractivity contribution in [3.63, 3.8) is 0 Å². The van der Waals surface area contributed by atoms with Gasteiger partial charge in [0.25, 0.3) is 6.43 Å². The van der Waals surface area contributed by atoms with Crippen LogP contribution in [0.2, 0.25) is 0 Å². The molecule has 196 valence electrons. The Morgan fingerprint density at radius 2 is 2.08 bits per heavy atom. The maximum absolute atomic E-state index is 12.7. The van der Waals surface area contributed by atoms with Crippen LogP contribution in [0.15, 0.2) is 29.5 Å². The van der Waals surface area contributed by atoms with Gasteiger partial charge in [-0.25, -0.2) is 14.3 Å². The summed E-state index contributed by atoms with van der Waals surface area (Å²) in [6.07, 6.45) is 3.31. The molecule has 3 aromatic rings. The first-order chi connectivity index (χ1) is 17.8. The third-order valence-corrected chi connectivity index (χ3v) is 7.53. The monoisotopic (exact) mass is 512 g/mol. The van der Waals surface area contributed by atoms with Gasteiger partial charge in [0.2, 0.25) is 17.7 Å². The molecule has 0 unspecified atom stereocenters. The van der Waals surface area contributed by atoms with Gasteiger partial charge in [0.1, 0.15) is 11.3 Å². The minimum Gasteiger partial charge on any atom is -0.480 e. The average molecular weight is 513 g/mol. The van der Waals surface area contributed by atoms with Crippen LogP contribution in [0.25, 0.3) is 22.2 Å². The number of fused-ring (bicyclic) bond motifs is 1. The van der Waals surface area contributed by atoms with E-state index in [0.29, 0.717) is 28.5 Å². The summed E-state index contributed by atoms with van der Waals surface area (Å²) in [4.78, 5) is 26.0. The van der Waals surface area contributed by atoms with Gasteiger partial charge < -0.3 is 25.3 Å². The van der Waals surface area contributed by atoms with Crippen LogP contribution in [0.1, 0.15) is 32.6 Å². The number of nitrogens with zero attached hydrogens (tertiary/aromatic N) is 4. The molecular formula is C25H30F2N8O2. The minimum atomic E-state index is -2.53. The van der Waals surface area contributed by atoms with Crippen molar-refractivity contribution in [1.82, 2.24) is 19.9 Å². The highest BCUT2D eigenvalue weighted by Gasteiger charge is 2.46. The second-order valence-electron chi connectivity index (χ2n) is 9.85. The number of ether oxygens (including phenoxy) is 1. The Balaban J connectivity index is 1.34. The fourth-order valence-corrected chi connectivity index (χ4v) is 5.54. The summed E-state index contributed by atoms with van der Waals surface area (Å²) < 4.78 is 31.1. The number of hydrogen-bond donors (Lipinski definition) is 4. The smallest absolute Gasteiger partial charge is 0.255 e. The van der Waals surface area contributed by atoms with Gasteiger partial charge in [0, 0.05) is 37.8 Å². The van der Waals surface area contributed by atoms with Crippen LogP contribution in [0, 0.1) is 10.9 Å². The van der Waals surface area contributed by atoms with Crippen LogP contribution < -0.4 is 15.4 Å². The number of rotatable bonds is 8. The maximum Gasteiger partial charge on any atom is 0.255 e.